The molecular formula is C10H14BNO3. The van der Waals surface area contributed by atoms with Crippen molar-refractivity contribution in [3.8, 4) is 0 Å². The number of aldehydes is 1. The molecule has 0 aliphatic rings. The monoisotopic (exact) mass is 207 g/mol. The van der Waals surface area contributed by atoms with E-state index in [-0.39, 0.29) is 6.04 Å². The molecule has 0 bridgehead atoms. The summed E-state index contributed by atoms with van der Waals surface area (Å²) in [5.41, 5.74) is 1.14. The van der Waals surface area contributed by atoms with Gasteiger partial charge >= 0.3 is 7.12 Å². The molecule has 0 fully saturated rings. The molecule has 0 radical (unpaired) electrons. The van der Waals surface area contributed by atoms with Crippen molar-refractivity contribution < 1.29 is 14.8 Å². The van der Waals surface area contributed by atoms with Crippen molar-refractivity contribution in [2.75, 3.05) is 14.1 Å². The minimum absolute atomic E-state index is 0.358. The minimum Gasteiger partial charge on any atom is -0.423 e. The third-order valence-corrected chi connectivity index (χ3v) is 2.24. The predicted molar refractivity (Wildman–Crippen MR) is 58.8 cm³/mol. The zero-order chi connectivity index (χ0) is 11.4. The Labute approximate surface area is 89.3 Å². The van der Waals surface area contributed by atoms with Crippen LogP contribution in [0.15, 0.2) is 24.3 Å². The van der Waals surface area contributed by atoms with E-state index in [2.05, 4.69) is 0 Å². The molecule has 0 saturated carbocycles. The summed E-state index contributed by atoms with van der Waals surface area (Å²) in [4.78, 5) is 12.6. The quantitative estimate of drug-likeness (QED) is 0.499. The van der Waals surface area contributed by atoms with Crippen molar-refractivity contribution in [1.29, 1.82) is 0 Å². The predicted octanol–water partition coefficient (Wildman–Crippen LogP) is -0.832. The van der Waals surface area contributed by atoms with Gasteiger partial charge in [-0.05, 0) is 25.1 Å². The fourth-order valence-corrected chi connectivity index (χ4v) is 1.40. The molecule has 0 amide bonds. The van der Waals surface area contributed by atoms with Crippen LogP contribution in [-0.4, -0.2) is 42.4 Å². The minimum atomic E-state index is -1.50. The van der Waals surface area contributed by atoms with E-state index in [4.69, 9.17) is 10.0 Å². The number of hydrogen-bond donors (Lipinski definition) is 2. The van der Waals surface area contributed by atoms with Gasteiger partial charge in [-0.15, -0.1) is 0 Å². The first-order chi connectivity index (χ1) is 7.06. The highest BCUT2D eigenvalue weighted by Gasteiger charge is 2.16. The number of rotatable bonds is 4. The van der Waals surface area contributed by atoms with Gasteiger partial charge in [0, 0.05) is 0 Å². The number of likely N-dealkylation sites (N-methyl/N-ethyl adjacent to an activating group) is 1. The Morgan fingerprint density at radius 2 is 2.07 bits per heavy atom. The van der Waals surface area contributed by atoms with Gasteiger partial charge in [-0.2, -0.15) is 0 Å². The maximum atomic E-state index is 10.9. The highest BCUT2D eigenvalue weighted by Crippen LogP contribution is 2.13. The Kier molecular flexibility index (Phi) is 4.02. The van der Waals surface area contributed by atoms with Crippen LogP contribution in [0.2, 0.25) is 0 Å². The molecule has 0 aliphatic heterocycles. The normalized spacial score (nSPS) is 12.6. The van der Waals surface area contributed by atoms with Crippen LogP contribution in [0.4, 0.5) is 0 Å². The standard InChI is InChI=1S/C10H14BNO3/c1-12(2)10(7-13)8-4-3-5-9(6-8)11(14)15/h3-7,10,14-15H,1-2H3. The molecule has 2 N–H and O–H groups in total. The molecule has 0 aliphatic carbocycles. The van der Waals surface area contributed by atoms with Gasteiger partial charge in [0.25, 0.3) is 0 Å². The van der Waals surface area contributed by atoms with E-state index in [0.717, 1.165) is 11.8 Å². The highest BCUT2D eigenvalue weighted by molar-refractivity contribution is 6.58. The van der Waals surface area contributed by atoms with Crippen molar-refractivity contribution >= 4 is 18.9 Å². The molecule has 0 heterocycles. The van der Waals surface area contributed by atoms with Gasteiger partial charge < -0.3 is 14.8 Å². The van der Waals surface area contributed by atoms with Crippen molar-refractivity contribution in [3.05, 3.63) is 29.8 Å². The first kappa shape index (κ1) is 11.9. The van der Waals surface area contributed by atoms with Gasteiger partial charge in [0.05, 0.1) is 6.04 Å². The molecule has 15 heavy (non-hydrogen) atoms. The van der Waals surface area contributed by atoms with Gasteiger partial charge in [0.2, 0.25) is 0 Å². The summed E-state index contributed by atoms with van der Waals surface area (Å²) in [6.45, 7) is 0. The van der Waals surface area contributed by atoms with Crippen LogP contribution < -0.4 is 5.46 Å². The summed E-state index contributed by atoms with van der Waals surface area (Å²) in [6.07, 6.45) is 0.822. The molecule has 0 spiro atoms. The van der Waals surface area contributed by atoms with Crippen LogP contribution in [0.5, 0.6) is 0 Å². The summed E-state index contributed by atoms with van der Waals surface area (Å²) < 4.78 is 0. The maximum Gasteiger partial charge on any atom is 0.488 e. The zero-order valence-electron chi connectivity index (χ0n) is 8.79. The number of hydrogen-bond acceptors (Lipinski definition) is 4. The summed E-state index contributed by atoms with van der Waals surface area (Å²) >= 11 is 0. The zero-order valence-corrected chi connectivity index (χ0v) is 8.79. The average Bonchev–Trinajstić information content (AvgIpc) is 2.18. The van der Waals surface area contributed by atoms with Crippen molar-refractivity contribution in [3.63, 3.8) is 0 Å². The van der Waals surface area contributed by atoms with Crippen LogP contribution in [0.1, 0.15) is 11.6 Å². The summed E-state index contributed by atoms with van der Waals surface area (Å²) in [7, 11) is 2.09. The lowest BCUT2D eigenvalue weighted by molar-refractivity contribution is -0.111. The first-order valence-electron chi connectivity index (χ1n) is 4.64. The molecule has 1 rings (SSSR count). The molecule has 5 heteroatoms. The van der Waals surface area contributed by atoms with Gasteiger partial charge in [0.1, 0.15) is 6.29 Å². The number of nitrogens with zero attached hydrogens (tertiary/aromatic N) is 1. The van der Waals surface area contributed by atoms with Crippen LogP contribution in [0.3, 0.4) is 0 Å². The third kappa shape index (κ3) is 2.89. The fraction of sp³-hybridized carbons (Fsp3) is 0.300. The summed E-state index contributed by atoms with van der Waals surface area (Å²) in [5.74, 6) is 0. The number of carbonyl (C=O) groups excluding carboxylic acids is 1. The van der Waals surface area contributed by atoms with E-state index < -0.39 is 7.12 Å². The Hall–Kier alpha value is -1.17. The molecule has 0 aromatic heterocycles. The van der Waals surface area contributed by atoms with E-state index in [1.54, 1.807) is 43.3 Å². The summed E-state index contributed by atoms with van der Waals surface area (Å²) in [6, 6.07) is 6.34. The molecule has 4 nitrogen and oxygen atoms in total. The lowest BCUT2D eigenvalue weighted by Gasteiger charge is -2.19. The second-order valence-corrected chi connectivity index (χ2v) is 3.59. The molecular weight excluding hydrogens is 193 g/mol. The maximum absolute atomic E-state index is 10.9. The average molecular weight is 207 g/mol. The van der Waals surface area contributed by atoms with Crippen LogP contribution in [0.25, 0.3) is 0 Å². The van der Waals surface area contributed by atoms with E-state index in [0.29, 0.717) is 5.46 Å². The Morgan fingerprint density at radius 1 is 1.40 bits per heavy atom. The van der Waals surface area contributed by atoms with Crippen LogP contribution >= 0.6 is 0 Å². The van der Waals surface area contributed by atoms with E-state index >= 15 is 0 Å². The number of carbonyl (C=O) groups is 1. The second-order valence-electron chi connectivity index (χ2n) is 3.59. The molecule has 1 atom stereocenters. The van der Waals surface area contributed by atoms with E-state index in [1.165, 1.54) is 0 Å². The van der Waals surface area contributed by atoms with Gasteiger partial charge in [-0.3, -0.25) is 4.90 Å². The van der Waals surface area contributed by atoms with Crippen molar-refractivity contribution in [2.24, 2.45) is 0 Å². The molecule has 1 aromatic carbocycles. The molecule has 1 unspecified atom stereocenters. The Balaban J connectivity index is 3.03. The fourth-order valence-electron chi connectivity index (χ4n) is 1.40. The first-order valence-corrected chi connectivity index (χ1v) is 4.64. The highest BCUT2D eigenvalue weighted by atomic mass is 16.4. The van der Waals surface area contributed by atoms with Gasteiger partial charge in [0.15, 0.2) is 0 Å². The Morgan fingerprint density at radius 3 is 2.53 bits per heavy atom. The van der Waals surface area contributed by atoms with Gasteiger partial charge in [-0.1, -0.05) is 24.3 Å². The smallest absolute Gasteiger partial charge is 0.423 e. The van der Waals surface area contributed by atoms with E-state index in [1.807, 2.05) is 0 Å². The summed E-state index contributed by atoms with van der Waals surface area (Å²) in [5, 5.41) is 18.0. The topological polar surface area (TPSA) is 60.8 Å². The third-order valence-electron chi connectivity index (χ3n) is 2.24. The SMILES string of the molecule is CN(C)C(C=O)c1cccc(B(O)O)c1. The largest absolute Gasteiger partial charge is 0.488 e. The number of benzene rings is 1. The second kappa shape index (κ2) is 5.07. The van der Waals surface area contributed by atoms with Crippen molar-refractivity contribution in [1.82, 2.24) is 4.90 Å². The van der Waals surface area contributed by atoms with Crippen LogP contribution in [-0.2, 0) is 4.79 Å². The molecule has 1 aromatic rings. The molecule has 0 saturated heterocycles. The van der Waals surface area contributed by atoms with E-state index in [9.17, 15) is 4.79 Å². The Bertz CT molecular complexity index is 341. The lowest BCUT2D eigenvalue weighted by atomic mass is 9.79. The lowest BCUT2D eigenvalue weighted by Crippen LogP contribution is -2.31. The van der Waals surface area contributed by atoms with Crippen molar-refractivity contribution in [2.45, 2.75) is 6.04 Å². The molecule has 80 valence electrons. The van der Waals surface area contributed by atoms with Crippen LogP contribution in [0, 0.1) is 0 Å². The van der Waals surface area contributed by atoms with Gasteiger partial charge in [-0.25, -0.2) is 0 Å².